The second kappa shape index (κ2) is 7.24. The van der Waals surface area contributed by atoms with Crippen LogP contribution in [0.15, 0.2) is 33.3 Å². The molecule has 1 unspecified atom stereocenters. The predicted octanol–water partition coefficient (Wildman–Crippen LogP) is 3.67. The van der Waals surface area contributed by atoms with Crippen molar-refractivity contribution in [2.45, 2.75) is 12.6 Å². The number of hydrogen-bond donors (Lipinski definition) is 1. The highest BCUT2D eigenvalue weighted by Crippen LogP contribution is 2.32. The van der Waals surface area contributed by atoms with Crippen molar-refractivity contribution in [2.75, 3.05) is 20.6 Å². The highest BCUT2D eigenvalue weighted by molar-refractivity contribution is 9.11. The van der Waals surface area contributed by atoms with Crippen LogP contribution in [-0.2, 0) is 6.54 Å². The van der Waals surface area contributed by atoms with Crippen molar-refractivity contribution in [1.82, 2.24) is 14.7 Å². The molecule has 1 aromatic heterocycles. The standard InChI is InChI=1S/C14H17Br2ClN4/c1-20(2)5-6-21-14(12(17)8-19-21)13(18)10-7-9(15)3-4-11(10)16/h3-4,7-8,13H,5-6,18H2,1-2H3. The van der Waals surface area contributed by atoms with Gasteiger partial charge in [-0.05, 0) is 37.9 Å². The van der Waals surface area contributed by atoms with Crippen LogP contribution in [0.3, 0.4) is 0 Å². The van der Waals surface area contributed by atoms with E-state index in [1.165, 1.54) is 0 Å². The van der Waals surface area contributed by atoms with E-state index in [-0.39, 0.29) is 6.04 Å². The molecule has 2 aromatic rings. The van der Waals surface area contributed by atoms with Gasteiger partial charge in [0.15, 0.2) is 0 Å². The molecule has 1 atom stereocenters. The summed E-state index contributed by atoms with van der Waals surface area (Å²) < 4.78 is 3.81. The summed E-state index contributed by atoms with van der Waals surface area (Å²) in [5, 5.41) is 4.93. The van der Waals surface area contributed by atoms with Crippen LogP contribution in [0.4, 0.5) is 0 Å². The van der Waals surface area contributed by atoms with E-state index in [4.69, 9.17) is 17.3 Å². The number of benzene rings is 1. The Hall–Kier alpha value is -0.400. The minimum atomic E-state index is -0.339. The Bertz CT molecular complexity index is 627. The Kier molecular flexibility index (Phi) is 5.85. The molecule has 0 bridgehead atoms. The first-order chi connectivity index (χ1) is 9.90. The van der Waals surface area contributed by atoms with Crippen LogP contribution in [0.5, 0.6) is 0 Å². The number of hydrogen-bond acceptors (Lipinski definition) is 3. The molecule has 1 aromatic carbocycles. The molecule has 2 N–H and O–H groups in total. The molecule has 0 radical (unpaired) electrons. The third kappa shape index (κ3) is 4.07. The van der Waals surface area contributed by atoms with E-state index in [2.05, 4.69) is 41.9 Å². The average molecular weight is 437 g/mol. The molecule has 4 nitrogen and oxygen atoms in total. The summed E-state index contributed by atoms with van der Waals surface area (Å²) in [6, 6.07) is 5.59. The van der Waals surface area contributed by atoms with Crippen molar-refractivity contribution in [2.24, 2.45) is 5.73 Å². The molecule has 114 valence electrons. The van der Waals surface area contributed by atoms with Gasteiger partial charge in [0.25, 0.3) is 0 Å². The van der Waals surface area contributed by atoms with Gasteiger partial charge >= 0.3 is 0 Å². The molecule has 0 amide bonds. The lowest BCUT2D eigenvalue weighted by Crippen LogP contribution is -2.23. The molecular weight excluding hydrogens is 419 g/mol. The summed E-state index contributed by atoms with van der Waals surface area (Å²) in [5.74, 6) is 0. The molecule has 0 aliphatic heterocycles. The number of rotatable bonds is 5. The van der Waals surface area contributed by atoms with Crippen LogP contribution in [0, 0.1) is 0 Å². The number of nitrogens with two attached hydrogens (primary N) is 1. The van der Waals surface area contributed by atoms with E-state index in [1.54, 1.807) is 6.20 Å². The molecule has 0 spiro atoms. The van der Waals surface area contributed by atoms with E-state index in [1.807, 2.05) is 37.0 Å². The topological polar surface area (TPSA) is 47.1 Å². The van der Waals surface area contributed by atoms with E-state index < -0.39 is 0 Å². The fourth-order valence-corrected chi connectivity index (χ4v) is 3.19. The first-order valence-electron chi connectivity index (χ1n) is 6.46. The van der Waals surface area contributed by atoms with Crippen molar-refractivity contribution < 1.29 is 0 Å². The van der Waals surface area contributed by atoms with Crippen LogP contribution in [-0.4, -0.2) is 35.3 Å². The molecule has 0 fully saturated rings. The van der Waals surface area contributed by atoms with Crippen molar-refractivity contribution in [3.63, 3.8) is 0 Å². The largest absolute Gasteiger partial charge is 0.319 e. The van der Waals surface area contributed by atoms with Gasteiger partial charge in [-0.15, -0.1) is 0 Å². The molecule has 21 heavy (non-hydrogen) atoms. The summed E-state index contributed by atoms with van der Waals surface area (Å²) in [5.41, 5.74) is 8.23. The highest BCUT2D eigenvalue weighted by Gasteiger charge is 2.20. The van der Waals surface area contributed by atoms with E-state index >= 15 is 0 Å². The lowest BCUT2D eigenvalue weighted by atomic mass is 10.0. The molecule has 1 heterocycles. The van der Waals surface area contributed by atoms with E-state index in [9.17, 15) is 0 Å². The molecule has 7 heteroatoms. The van der Waals surface area contributed by atoms with Gasteiger partial charge in [0.1, 0.15) is 0 Å². The molecule has 0 saturated carbocycles. The summed E-state index contributed by atoms with van der Waals surface area (Å²) in [4.78, 5) is 2.10. The minimum absolute atomic E-state index is 0.339. The highest BCUT2D eigenvalue weighted by atomic mass is 79.9. The van der Waals surface area contributed by atoms with Gasteiger partial charge in [0.05, 0.1) is 29.5 Å². The summed E-state index contributed by atoms with van der Waals surface area (Å²) >= 11 is 13.3. The first kappa shape index (κ1) is 17.0. The second-order valence-electron chi connectivity index (χ2n) is 5.05. The van der Waals surface area contributed by atoms with Crippen molar-refractivity contribution in [1.29, 1.82) is 0 Å². The fraction of sp³-hybridized carbons (Fsp3) is 0.357. The smallest absolute Gasteiger partial charge is 0.0837 e. The van der Waals surface area contributed by atoms with Gasteiger partial charge in [0, 0.05) is 15.5 Å². The normalized spacial score (nSPS) is 12.9. The molecule has 0 aliphatic rings. The SMILES string of the molecule is CN(C)CCn1ncc(Cl)c1C(N)c1cc(Br)ccc1Br. The maximum absolute atomic E-state index is 6.43. The number of aromatic nitrogens is 2. The lowest BCUT2D eigenvalue weighted by Gasteiger charge is -2.18. The Morgan fingerprint density at radius 2 is 2.10 bits per heavy atom. The van der Waals surface area contributed by atoms with Crippen LogP contribution < -0.4 is 5.73 Å². The zero-order valence-corrected chi connectivity index (χ0v) is 15.8. The monoisotopic (exact) mass is 434 g/mol. The summed E-state index contributed by atoms with van der Waals surface area (Å²) in [7, 11) is 4.05. The minimum Gasteiger partial charge on any atom is -0.319 e. The van der Waals surface area contributed by atoms with Gasteiger partial charge in [-0.2, -0.15) is 5.10 Å². The zero-order chi connectivity index (χ0) is 15.6. The van der Waals surface area contributed by atoms with E-state index in [0.717, 1.165) is 33.3 Å². The maximum Gasteiger partial charge on any atom is 0.0837 e. The van der Waals surface area contributed by atoms with Crippen molar-refractivity contribution >= 4 is 43.5 Å². The average Bonchev–Trinajstić information content (AvgIpc) is 2.79. The molecule has 0 saturated heterocycles. The third-order valence-corrected chi connectivity index (χ3v) is 4.69. The summed E-state index contributed by atoms with van der Waals surface area (Å²) in [6.07, 6.45) is 1.65. The fourth-order valence-electron chi connectivity index (χ4n) is 2.05. The molecule has 0 aliphatic carbocycles. The number of likely N-dealkylation sites (N-methyl/N-ethyl adjacent to an activating group) is 1. The van der Waals surface area contributed by atoms with Gasteiger partial charge in [0.2, 0.25) is 0 Å². The van der Waals surface area contributed by atoms with Crippen LogP contribution in [0.1, 0.15) is 17.3 Å². The van der Waals surface area contributed by atoms with Gasteiger partial charge < -0.3 is 10.6 Å². The summed E-state index contributed by atoms with van der Waals surface area (Å²) in [6.45, 7) is 1.62. The van der Waals surface area contributed by atoms with Crippen LogP contribution >= 0.6 is 43.5 Å². The Labute approximate surface area is 146 Å². The van der Waals surface area contributed by atoms with Gasteiger partial charge in [-0.1, -0.05) is 43.5 Å². The number of halogens is 3. The van der Waals surface area contributed by atoms with Crippen LogP contribution in [0.2, 0.25) is 5.02 Å². The Morgan fingerprint density at radius 1 is 1.38 bits per heavy atom. The van der Waals surface area contributed by atoms with E-state index in [0.29, 0.717) is 5.02 Å². The third-order valence-electron chi connectivity index (χ3n) is 3.18. The van der Waals surface area contributed by atoms with Gasteiger partial charge in [-0.25, -0.2) is 0 Å². The Balaban J connectivity index is 2.36. The zero-order valence-electron chi connectivity index (χ0n) is 11.9. The molecule has 2 rings (SSSR count). The number of nitrogens with zero attached hydrogens (tertiary/aromatic N) is 3. The second-order valence-corrected chi connectivity index (χ2v) is 7.22. The molecular formula is C14H17Br2ClN4. The van der Waals surface area contributed by atoms with Crippen LogP contribution in [0.25, 0.3) is 0 Å². The lowest BCUT2D eigenvalue weighted by molar-refractivity contribution is 0.368. The van der Waals surface area contributed by atoms with Gasteiger partial charge in [-0.3, -0.25) is 4.68 Å². The predicted molar refractivity (Wildman–Crippen MR) is 93.7 cm³/mol. The first-order valence-corrected chi connectivity index (χ1v) is 8.43. The Morgan fingerprint density at radius 3 is 2.76 bits per heavy atom. The maximum atomic E-state index is 6.43. The quantitative estimate of drug-likeness (QED) is 0.778. The van der Waals surface area contributed by atoms with Crippen molar-refractivity contribution in [3.8, 4) is 0 Å². The van der Waals surface area contributed by atoms with Crippen molar-refractivity contribution in [3.05, 3.63) is 49.6 Å².